The van der Waals surface area contributed by atoms with Gasteiger partial charge in [-0.3, -0.25) is 4.21 Å². The summed E-state index contributed by atoms with van der Waals surface area (Å²) < 4.78 is 11.1. The third-order valence-electron chi connectivity index (χ3n) is 3.55. The van der Waals surface area contributed by atoms with Crippen LogP contribution in [-0.4, -0.2) is 28.3 Å². The number of hydrogen-bond donors (Lipinski definition) is 1. The van der Waals surface area contributed by atoms with E-state index in [1.54, 1.807) is 6.26 Å². The second kappa shape index (κ2) is 7.44. The Morgan fingerprint density at radius 2 is 1.94 bits per heavy atom. The molecule has 1 aliphatic rings. The standard InChI is InChI=1S/C13H27NOS/c1-4-5-12-6-8-13(9-7-12)14-11(2)10-16(3)15/h11-14H,4-10H2,1-3H3. The Hall–Kier alpha value is 0.110. The number of rotatable bonds is 6. The monoisotopic (exact) mass is 245 g/mol. The minimum Gasteiger partial charge on any atom is -0.311 e. The van der Waals surface area contributed by atoms with Crippen LogP contribution in [-0.2, 0) is 10.8 Å². The fourth-order valence-electron chi connectivity index (χ4n) is 2.83. The molecule has 16 heavy (non-hydrogen) atoms. The summed E-state index contributed by atoms with van der Waals surface area (Å²) in [6, 6.07) is 1.07. The van der Waals surface area contributed by atoms with Gasteiger partial charge in [-0.15, -0.1) is 0 Å². The van der Waals surface area contributed by atoms with Crippen LogP contribution in [0.1, 0.15) is 52.4 Å². The predicted octanol–water partition coefficient (Wildman–Crippen LogP) is 2.70. The van der Waals surface area contributed by atoms with Crippen LogP contribution in [0.3, 0.4) is 0 Å². The molecule has 1 rings (SSSR count). The van der Waals surface area contributed by atoms with E-state index in [-0.39, 0.29) is 0 Å². The van der Waals surface area contributed by atoms with Gasteiger partial charge in [0.25, 0.3) is 0 Å². The topological polar surface area (TPSA) is 29.1 Å². The average Bonchev–Trinajstić information content (AvgIpc) is 2.20. The molecule has 1 N–H and O–H groups in total. The van der Waals surface area contributed by atoms with Gasteiger partial charge in [-0.2, -0.15) is 0 Å². The minimum atomic E-state index is -0.673. The molecule has 0 amide bonds. The molecule has 2 nitrogen and oxygen atoms in total. The van der Waals surface area contributed by atoms with Crippen molar-refractivity contribution in [2.24, 2.45) is 5.92 Å². The highest BCUT2D eigenvalue weighted by Crippen LogP contribution is 2.27. The van der Waals surface area contributed by atoms with Crippen LogP contribution in [0.4, 0.5) is 0 Å². The SMILES string of the molecule is CCCC1CCC(NC(C)CS(C)=O)CC1. The van der Waals surface area contributed by atoms with Gasteiger partial charge in [0.2, 0.25) is 0 Å². The lowest BCUT2D eigenvalue weighted by atomic mass is 9.83. The fourth-order valence-corrected chi connectivity index (χ4v) is 3.63. The van der Waals surface area contributed by atoms with Crippen molar-refractivity contribution in [3.8, 4) is 0 Å². The normalized spacial score (nSPS) is 29.9. The van der Waals surface area contributed by atoms with Gasteiger partial charge in [-0.1, -0.05) is 19.8 Å². The predicted molar refractivity (Wildman–Crippen MR) is 72.2 cm³/mol. The highest BCUT2D eigenvalue weighted by atomic mass is 32.2. The van der Waals surface area contributed by atoms with E-state index in [1.807, 2.05) is 0 Å². The van der Waals surface area contributed by atoms with Gasteiger partial charge >= 0.3 is 0 Å². The van der Waals surface area contributed by atoms with Crippen molar-refractivity contribution in [2.45, 2.75) is 64.5 Å². The molecule has 1 aliphatic carbocycles. The highest BCUT2D eigenvalue weighted by molar-refractivity contribution is 7.84. The first-order valence-corrected chi connectivity index (χ1v) is 8.40. The van der Waals surface area contributed by atoms with Crippen LogP contribution >= 0.6 is 0 Å². The molecule has 2 unspecified atom stereocenters. The van der Waals surface area contributed by atoms with E-state index in [2.05, 4.69) is 19.2 Å². The van der Waals surface area contributed by atoms with E-state index in [9.17, 15) is 4.21 Å². The van der Waals surface area contributed by atoms with Gasteiger partial charge in [0.05, 0.1) is 0 Å². The second-order valence-corrected chi connectivity index (χ2v) is 6.79. The van der Waals surface area contributed by atoms with Crippen molar-refractivity contribution in [3.63, 3.8) is 0 Å². The third-order valence-corrected chi connectivity index (χ3v) is 4.52. The van der Waals surface area contributed by atoms with Crippen molar-refractivity contribution >= 4 is 10.8 Å². The van der Waals surface area contributed by atoms with E-state index in [0.29, 0.717) is 12.1 Å². The molecular weight excluding hydrogens is 218 g/mol. The first-order valence-electron chi connectivity index (χ1n) is 6.67. The zero-order chi connectivity index (χ0) is 12.0. The number of nitrogens with one attached hydrogen (secondary N) is 1. The molecule has 3 heteroatoms. The maximum atomic E-state index is 11.1. The van der Waals surface area contributed by atoms with Crippen molar-refractivity contribution in [3.05, 3.63) is 0 Å². The van der Waals surface area contributed by atoms with Gasteiger partial charge in [-0.25, -0.2) is 0 Å². The Kier molecular flexibility index (Phi) is 6.59. The van der Waals surface area contributed by atoms with Crippen LogP contribution < -0.4 is 5.32 Å². The Balaban J connectivity index is 2.18. The van der Waals surface area contributed by atoms with Gasteiger partial charge in [0.15, 0.2) is 0 Å². The van der Waals surface area contributed by atoms with E-state index in [1.165, 1.54) is 38.5 Å². The lowest BCUT2D eigenvalue weighted by Gasteiger charge is -2.31. The lowest BCUT2D eigenvalue weighted by molar-refractivity contribution is 0.269. The summed E-state index contributed by atoms with van der Waals surface area (Å²) in [5, 5.41) is 3.62. The summed E-state index contributed by atoms with van der Waals surface area (Å²) in [5.41, 5.74) is 0. The van der Waals surface area contributed by atoms with Crippen LogP contribution in [0.25, 0.3) is 0 Å². The summed E-state index contributed by atoms with van der Waals surface area (Å²) in [7, 11) is -0.673. The smallest absolute Gasteiger partial charge is 0.0383 e. The van der Waals surface area contributed by atoms with Gasteiger partial charge in [-0.05, 0) is 38.5 Å². The quantitative estimate of drug-likeness (QED) is 0.779. The number of hydrogen-bond acceptors (Lipinski definition) is 2. The molecule has 0 aromatic rings. The molecule has 0 spiro atoms. The van der Waals surface area contributed by atoms with Gasteiger partial charge in [0, 0.05) is 34.9 Å². The molecule has 96 valence electrons. The molecule has 0 aromatic carbocycles. The summed E-state index contributed by atoms with van der Waals surface area (Å²) in [6.45, 7) is 4.43. The molecule has 0 saturated heterocycles. The molecule has 0 bridgehead atoms. The zero-order valence-corrected chi connectivity index (χ0v) is 11.8. The molecule has 0 heterocycles. The van der Waals surface area contributed by atoms with Crippen LogP contribution in [0.5, 0.6) is 0 Å². The largest absolute Gasteiger partial charge is 0.311 e. The van der Waals surface area contributed by atoms with Crippen molar-refractivity contribution in [2.75, 3.05) is 12.0 Å². The zero-order valence-electron chi connectivity index (χ0n) is 11.0. The Morgan fingerprint density at radius 3 is 2.44 bits per heavy atom. The summed E-state index contributed by atoms with van der Waals surface area (Å²) in [5.74, 6) is 1.76. The first-order chi connectivity index (χ1) is 7.61. The highest BCUT2D eigenvalue weighted by Gasteiger charge is 2.21. The van der Waals surface area contributed by atoms with Crippen LogP contribution in [0, 0.1) is 5.92 Å². The Bertz CT molecular complexity index is 212. The summed E-state index contributed by atoms with van der Waals surface area (Å²) >= 11 is 0. The molecule has 1 saturated carbocycles. The molecular formula is C13H27NOS. The Labute approximate surface area is 103 Å². The maximum Gasteiger partial charge on any atom is 0.0383 e. The Morgan fingerprint density at radius 1 is 1.31 bits per heavy atom. The summed E-state index contributed by atoms with van der Waals surface area (Å²) in [4.78, 5) is 0. The molecule has 2 atom stereocenters. The first kappa shape index (κ1) is 14.2. The van der Waals surface area contributed by atoms with Crippen LogP contribution in [0.2, 0.25) is 0 Å². The molecule has 1 fully saturated rings. The maximum absolute atomic E-state index is 11.1. The molecule has 0 radical (unpaired) electrons. The fraction of sp³-hybridized carbons (Fsp3) is 1.00. The van der Waals surface area contributed by atoms with E-state index in [4.69, 9.17) is 0 Å². The summed E-state index contributed by atoms with van der Waals surface area (Å²) in [6.07, 6.45) is 9.91. The van der Waals surface area contributed by atoms with E-state index >= 15 is 0 Å². The van der Waals surface area contributed by atoms with E-state index < -0.39 is 10.8 Å². The van der Waals surface area contributed by atoms with E-state index in [0.717, 1.165) is 11.7 Å². The van der Waals surface area contributed by atoms with Gasteiger partial charge < -0.3 is 5.32 Å². The average molecular weight is 245 g/mol. The van der Waals surface area contributed by atoms with Crippen molar-refractivity contribution in [1.29, 1.82) is 0 Å². The van der Waals surface area contributed by atoms with Gasteiger partial charge in [0.1, 0.15) is 0 Å². The van der Waals surface area contributed by atoms with Crippen molar-refractivity contribution < 1.29 is 4.21 Å². The minimum absolute atomic E-state index is 0.401. The lowest BCUT2D eigenvalue weighted by Crippen LogP contribution is -2.41. The third kappa shape index (κ3) is 5.44. The second-order valence-electron chi connectivity index (χ2n) is 5.31. The van der Waals surface area contributed by atoms with Crippen molar-refractivity contribution in [1.82, 2.24) is 5.32 Å². The molecule has 0 aromatic heterocycles. The van der Waals surface area contributed by atoms with Crippen LogP contribution in [0.15, 0.2) is 0 Å². The molecule has 0 aliphatic heterocycles.